The summed E-state index contributed by atoms with van der Waals surface area (Å²) in [6.07, 6.45) is 0. The number of para-hydroxylation sites is 1. The minimum absolute atomic E-state index is 0.606. The van der Waals surface area contributed by atoms with Crippen LogP contribution >= 0.6 is 0 Å². The summed E-state index contributed by atoms with van der Waals surface area (Å²) < 4.78 is 6.16. The summed E-state index contributed by atoms with van der Waals surface area (Å²) in [4.78, 5) is 14.7. The lowest BCUT2D eigenvalue weighted by Gasteiger charge is -2.10. The number of benzene rings is 6. The zero-order chi connectivity index (χ0) is 27.2. The van der Waals surface area contributed by atoms with E-state index in [2.05, 4.69) is 84.9 Å². The van der Waals surface area contributed by atoms with Crippen molar-refractivity contribution < 1.29 is 4.42 Å². The Morgan fingerprint density at radius 3 is 1.73 bits per heavy atom. The highest BCUT2D eigenvalue weighted by atomic mass is 16.3. The van der Waals surface area contributed by atoms with Gasteiger partial charge in [-0.1, -0.05) is 121 Å². The molecule has 0 fully saturated rings. The molecule has 0 atom stereocenters. The second-order valence-electron chi connectivity index (χ2n) is 10.1. The third kappa shape index (κ3) is 4.14. The zero-order valence-electron chi connectivity index (χ0n) is 22.0. The smallest absolute Gasteiger partial charge is 0.164 e. The molecule has 0 aliphatic rings. The van der Waals surface area contributed by atoms with E-state index in [4.69, 9.17) is 19.4 Å². The summed E-state index contributed by atoms with van der Waals surface area (Å²) in [5.74, 6) is 1.87. The molecule has 2 heterocycles. The van der Waals surface area contributed by atoms with E-state index in [1.54, 1.807) is 0 Å². The van der Waals surface area contributed by atoms with Gasteiger partial charge in [0.15, 0.2) is 17.5 Å². The molecule has 0 radical (unpaired) electrons. The number of nitrogens with zero attached hydrogens (tertiary/aromatic N) is 3. The van der Waals surface area contributed by atoms with Gasteiger partial charge in [-0.25, -0.2) is 15.0 Å². The van der Waals surface area contributed by atoms with Crippen LogP contribution < -0.4 is 0 Å². The second kappa shape index (κ2) is 9.54. The number of furan rings is 1. The second-order valence-corrected chi connectivity index (χ2v) is 10.1. The first-order valence-corrected chi connectivity index (χ1v) is 13.6. The first-order valence-electron chi connectivity index (χ1n) is 13.6. The van der Waals surface area contributed by atoms with Crippen LogP contribution in [0.3, 0.4) is 0 Å². The van der Waals surface area contributed by atoms with Gasteiger partial charge in [0.25, 0.3) is 0 Å². The molecule has 0 aliphatic heterocycles. The van der Waals surface area contributed by atoms with Crippen LogP contribution in [0.2, 0.25) is 0 Å². The summed E-state index contributed by atoms with van der Waals surface area (Å²) in [6, 6.07) is 47.6. The van der Waals surface area contributed by atoms with E-state index in [-0.39, 0.29) is 0 Å². The summed E-state index contributed by atoms with van der Waals surface area (Å²) >= 11 is 0. The lowest BCUT2D eigenvalue weighted by Crippen LogP contribution is -2.00. The third-order valence-corrected chi connectivity index (χ3v) is 7.55. The Morgan fingerprint density at radius 1 is 0.366 bits per heavy atom. The monoisotopic (exact) mass is 525 g/mol. The highest BCUT2D eigenvalue weighted by molar-refractivity contribution is 6.05. The van der Waals surface area contributed by atoms with Gasteiger partial charge in [0.2, 0.25) is 0 Å². The first-order chi connectivity index (χ1) is 20.3. The maximum Gasteiger partial charge on any atom is 0.164 e. The number of hydrogen-bond donors (Lipinski definition) is 0. The fraction of sp³-hybridized carbons (Fsp3) is 0. The fourth-order valence-electron chi connectivity index (χ4n) is 5.49. The summed E-state index contributed by atoms with van der Waals surface area (Å²) in [6.45, 7) is 0. The fourth-order valence-corrected chi connectivity index (χ4v) is 5.49. The predicted molar refractivity (Wildman–Crippen MR) is 166 cm³/mol. The van der Waals surface area contributed by atoms with Gasteiger partial charge in [0.1, 0.15) is 11.2 Å². The lowest BCUT2D eigenvalue weighted by atomic mass is 9.97. The van der Waals surface area contributed by atoms with Crippen molar-refractivity contribution in [3.63, 3.8) is 0 Å². The van der Waals surface area contributed by atoms with Gasteiger partial charge in [-0.2, -0.15) is 0 Å². The van der Waals surface area contributed by atoms with Crippen LogP contribution in [0, 0.1) is 0 Å². The molecule has 0 bridgehead atoms. The molecular formula is C37H23N3O. The summed E-state index contributed by atoms with van der Waals surface area (Å²) in [7, 11) is 0. The minimum Gasteiger partial charge on any atom is -0.456 e. The molecule has 8 rings (SSSR count). The van der Waals surface area contributed by atoms with E-state index in [1.807, 2.05) is 54.6 Å². The van der Waals surface area contributed by atoms with Crippen molar-refractivity contribution in [2.45, 2.75) is 0 Å². The van der Waals surface area contributed by atoms with Crippen molar-refractivity contribution >= 4 is 32.7 Å². The van der Waals surface area contributed by atoms with Gasteiger partial charge in [0, 0.05) is 27.5 Å². The van der Waals surface area contributed by atoms with Gasteiger partial charge >= 0.3 is 0 Å². The highest BCUT2D eigenvalue weighted by Crippen LogP contribution is 2.33. The molecule has 0 spiro atoms. The van der Waals surface area contributed by atoms with Crippen molar-refractivity contribution in [3.8, 4) is 45.3 Å². The SMILES string of the molecule is c1ccc(-c2nc(-c3ccc(-c4cccc5ccccc45)cc3)nc(-c3ccc4c(c3)oc3ccccc34)n2)cc1. The van der Waals surface area contributed by atoms with Crippen molar-refractivity contribution in [1.82, 2.24) is 15.0 Å². The standard InChI is InChI=1S/C37H23N3O/c1-2-10-26(11-3-1)35-38-36(27-19-17-25(18-20-27)30-15-8-12-24-9-4-5-13-29(24)30)40-37(39-35)28-21-22-32-31-14-6-7-16-33(31)41-34(32)23-28/h1-23H. The molecule has 41 heavy (non-hydrogen) atoms. The predicted octanol–water partition coefficient (Wildman–Crippen LogP) is 9.59. The molecule has 0 amide bonds. The average Bonchev–Trinajstić information content (AvgIpc) is 3.43. The third-order valence-electron chi connectivity index (χ3n) is 7.55. The number of rotatable bonds is 4. The Morgan fingerprint density at radius 2 is 0.927 bits per heavy atom. The lowest BCUT2D eigenvalue weighted by molar-refractivity contribution is 0.669. The highest BCUT2D eigenvalue weighted by Gasteiger charge is 2.15. The molecule has 8 aromatic rings. The Bertz CT molecular complexity index is 2190. The normalized spacial score (nSPS) is 11.4. The number of aromatic nitrogens is 3. The Balaban J connectivity index is 1.25. The van der Waals surface area contributed by atoms with Crippen LogP contribution in [0.4, 0.5) is 0 Å². The van der Waals surface area contributed by atoms with Gasteiger partial charge in [0.05, 0.1) is 0 Å². The van der Waals surface area contributed by atoms with Gasteiger partial charge in [-0.05, 0) is 40.1 Å². The maximum absolute atomic E-state index is 6.16. The molecule has 4 heteroatoms. The van der Waals surface area contributed by atoms with Crippen molar-refractivity contribution in [2.75, 3.05) is 0 Å². The average molecular weight is 526 g/mol. The van der Waals surface area contributed by atoms with Gasteiger partial charge in [-0.3, -0.25) is 0 Å². The topological polar surface area (TPSA) is 51.8 Å². The Kier molecular flexibility index (Phi) is 5.42. The van der Waals surface area contributed by atoms with Crippen LogP contribution in [-0.2, 0) is 0 Å². The van der Waals surface area contributed by atoms with Crippen molar-refractivity contribution in [2.24, 2.45) is 0 Å². The van der Waals surface area contributed by atoms with Crippen molar-refractivity contribution in [3.05, 3.63) is 140 Å². The molecule has 0 N–H and O–H groups in total. The van der Waals surface area contributed by atoms with Crippen LogP contribution in [0.15, 0.2) is 144 Å². The quantitative estimate of drug-likeness (QED) is 0.230. The van der Waals surface area contributed by atoms with Crippen LogP contribution in [0.25, 0.3) is 78.0 Å². The molecule has 0 saturated carbocycles. The van der Waals surface area contributed by atoms with Crippen molar-refractivity contribution in [1.29, 1.82) is 0 Å². The minimum atomic E-state index is 0.606. The van der Waals surface area contributed by atoms with E-state index in [9.17, 15) is 0 Å². The van der Waals surface area contributed by atoms with Crippen LogP contribution in [0.1, 0.15) is 0 Å². The molecule has 4 nitrogen and oxygen atoms in total. The Hall–Kier alpha value is -5.61. The van der Waals surface area contributed by atoms with E-state index in [1.165, 1.54) is 16.3 Å². The molecule has 6 aromatic carbocycles. The molecule has 0 unspecified atom stereocenters. The largest absolute Gasteiger partial charge is 0.456 e. The van der Waals surface area contributed by atoms with E-state index in [0.29, 0.717) is 17.5 Å². The van der Waals surface area contributed by atoms with E-state index >= 15 is 0 Å². The molecule has 192 valence electrons. The van der Waals surface area contributed by atoms with Crippen LogP contribution in [0.5, 0.6) is 0 Å². The molecule has 2 aromatic heterocycles. The van der Waals surface area contributed by atoms with Gasteiger partial charge in [-0.15, -0.1) is 0 Å². The maximum atomic E-state index is 6.16. The van der Waals surface area contributed by atoms with E-state index in [0.717, 1.165) is 44.2 Å². The van der Waals surface area contributed by atoms with Gasteiger partial charge < -0.3 is 4.42 Å². The molecule has 0 aliphatic carbocycles. The summed E-state index contributed by atoms with van der Waals surface area (Å²) in [5, 5.41) is 4.63. The number of hydrogen-bond acceptors (Lipinski definition) is 4. The van der Waals surface area contributed by atoms with E-state index < -0.39 is 0 Å². The molecular weight excluding hydrogens is 502 g/mol. The van der Waals surface area contributed by atoms with Crippen LogP contribution in [-0.4, -0.2) is 15.0 Å². The first kappa shape index (κ1) is 23.3. The number of fused-ring (bicyclic) bond motifs is 4. The Labute approximate surface area is 236 Å². The molecule has 0 saturated heterocycles. The summed E-state index contributed by atoms with van der Waals surface area (Å²) in [5.41, 5.74) is 6.78. The zero-order valence-corrected chi connectivity index (χ0v) is 22.0.